The van der Waals surface area contributed by atoms with Crippen LogP contribution in [0.1, 0.15) is 35.1 Å². The first-order chi connectivity index (χ1) is 10.2. The average Bonchev–Trinajstić information content (AvgIpc) is 2.89. The quantitative estimate of drug-likeness (QED) is 0.844. The van der Waals surface area contributed by atoms with Crippen LogP contribution in [0.2, 0.25) is 0 Å². The third kappa shape index (κ3) is 3.28. The van der Waals surface area contributed by atoms with Crippen molar-refractivity contribution in [1.29, 1.82) is 0 Å². The lowest BCUT2D eigenvalue weighted by Gasteiger charge is -2.11. The molecule has 0 spiro atoms. The SMILES string of the molecule is CCCc1c(C(=O)O)nnn1-c1ccccc1CCOC. The predicted molar refractivity (Wildman–Crippen MR) is 77.9 cm³/mol. The maximum absolute atomic E-state index is 11.3. The summed E-state index contributed by atoms with van der Waals surface area (Å²) in [6.07, 6.45) is 2.18. The van der Waals surface area contributed by atoms with Gasteiger partial charge in [-0.2, -0.15) is 0 Å². The molecule has 0 radical (unpaired) electrons. The molecule has 21 heavy (non-hydrogen) atoms. The highest BCUT2D eigenvalue weighted by Crippen LogP contribution is 2.19. The Balaban J connectivity index is 2.48. The molecule has 0 bridgehead atoms. The van der Waals surface area contributed by atoms with Gasteiger partial charge in [-0.05, 0) is 24.5 Å². The third-order valence-electron chi connectivity index (χ3n) is 3.25. The van der Waals surface area contributed by atoms with Crippen molar-refractivity contribution in [3.8, 4) is 5.69 Å². The van der Waals surface area contributed by atoms with Gasteiger partial charge >= 0.3 is 5.97 Å². The highest BCUT2D eigenvalue weighted by molar-refractivity contribution is 5.86. The number of carbonyl (C=O) groups is 1. The molecule has 0 unspecified atom stereocenters. The number of aromatic carboxylic acids is 1. The molecular formula is C15H19N3O3. The van der Waals surface area contributed by atoms with Gasteiger partial charge in [-0.1, -0.05) is 36.8 Å². The Hall–Kier alpha value is -2.21. The summed E-state index contributed by atoms with van der Waals surface area (Å²) < 4.78 is 6.76. The fourth-order valence-corrected chi connectivity index (χ4v) is 2.26. The molecule has 2 rings (SSSR count). The standard InChI is InChI=1S/C15H19N3O3/c1-3-6-13-14(15(19)20)16-17-18(13)12-8-5-4-7-11(12)9-10-21-2/h4-5,7-8H,3,6,9-10H2,1-2H3,(H,19,20). The molecule has 6 heteroatoms. The molecule has 0 saturated carbocycles. The number of methoxy groups -OCH3 is 1. The summed E-state index contributed by atoms with van der Waals surface area (Å²) in [5, 5.41) is 17.1. The summed E-state index contributed by atoms with van der Waals surface area (Å²) in [7, 11) is 1.66. The Morgan fingerprint density at radius 3 is 2.76 bits per heavy atom. The van der Waals surface area contributed by atoms with E-state index in [9.17, 15) is 9.90 Å². The van der Waals surface area contributed by atoms with Gasteiger partial charge in [0.1, 0.15) is 0 Å². The van der Waals surface area contributed by atoms with Gasteiger partial charge in [0, 0.05) is 7.11 Å². The highest BCUT2D eigenvalue weighted by atomic mass is 16.5. The lowest BCUT2D eigenvalue weighted by Crippen LogP contribution is -2.09. The number of ether oxygens (including phenoxy) is 1. The maximum Gasteiger partial charge on any atom is 0.358 e. The smallest absolute Gasteiger partial charge is 0.358 e. The third-order valence-corrected chi connectivity index (χ3v) is 3.25. The Labute approximate surface area is 123 Å². The minimum atomic E-state index is -1.04. The van der Waals surface area contributed by atoms with Gasteiger partial charge in [0.05, 0.1) is 18.0 Å². The van der Waals surface area contributed by atoms with E-state index in [2.05, 4.69) is 10.3 Å². The van der Waals surface area contributed by atoms with Crippen LogP contribution in [0.15, 0.2) is 24.3 Å². The highest BCUT2D eigenvalue weighted by Gasteiger charge is 2.20. The van der Waals surface area contributed by atoms with E-state index in [1.54, 1.807) is 11.8 Å². The predicted octanol–water partition coefficient (Wildman–Crippen LogP) is 2.11. The van der Waals surface area contributed by atoms with Crippen LogP contribution in [-0.2, 0) is 17.6 Å². The number of hydrogen-bond acceptors (Lipinski definition) is 4. The number of aromatic nitrogens is 3. The van der Waals surface area contributed by atoms with Crippen LogP contribution >= 0.6 is 0 Å². The molecule has 1 aromatic heterocycles. The largest absolute Gasteiger partial charge is 0.476 e. The minimum absolute atomic E-state index is 0.0263. The van der Waals surface area contributed by atoms with E-state index in [4.69, 9.17) is 4.74 Å². The summed E-state index contributed by atoms with van der Waals surface area (Å²) in [5.74, 6) is -1.04. The van der Waals surface area contributed by atoms with Crippen molar-refractivity contribution in [1.82, 2.24) is 15.0 Å². The van der Waals surface area contributed by atoms with E-state index < -0.39 is 5.97 Å². The van der Waals surface area contributed by atoms with Crippen LogP contribution in [0, 0.1) is 0 Å². The van der Waals surface area contributed by atoms with Crippen molar-refractivity contribution >= 4 is 5.97 Å². The number of carboxylic acid groups (broad SMARTS) is 1. The summed E-state index contributed by atoms with van der Waals surface area (Å²) >= 11 is 0. The van der Waals surface area contributed by atoms with E-state index >= 15 is 0 Å². The zero-order chi connectivity index (χ0) is 15.2. The molecule has 1 N–H and O–H groups in total. The van der Waals surface area contributed by atoms with Gasteiger partial charge in [0.15, 0.2) is 5.69 Å². The summed E-state index contributed by atoms with van der Waals surface area (Å²) in [5.41, 5.74) is 2.57. The van der Waals surface area contributed by atoms with Crippen LogP contribution in [0.25, 0.3) is 5.69 Å². The monoisotopic (exact) mass is 289 g/mol. The first kappa shape index (κ1) is 15.2. The number of nitrogens with zero attached hydrogens (tertiary/aromatic N) is 3. The summed E-state index contributed by atoms with van der Waals surface area (Å²) in [4.78, 5) is 11.3. The molecule has 0 aliphatic heterocycles. The first-order valence-corrected chi connectivity index (χ1v) is 6.94. The molecule has 1 heterocycles. The van der Waals surface area contributed by atoms with Crippen molar-refractivity contribution in [2.45, 2.75) is 26.2 Å². The van der Waals surface area contributed by atoms with Crippen molar-refractivity contribution < 1.29 is 14.6 Å². The van der Waals surface area contributed by atoms with Gasteiger partial charge in [-0.3, -0.25) is 0 Å². The van der Waals surface area contributed by atoms with E-state index in [0.29, 0.717) is 18.7 Å². The van der Waals surface area contributed by atoms with Gasteiger partial charge in [0.25, 0.3) is 0 Å². The molecule has 0 amide bonds. The topological polar surface area (TPSA) is 77.2 Å². The van der Waals surface area contributed by atoms with Gasteiger partial charge < -0.3 is 9.84 Å². The minimum Gasteiger partial charge on any atom is -0.476 e. The van der Waals surface area contributed by atoms with Crippen LogP contribution in [-0.4, -0.2) is 39.8 Å². The second kappa shape index (κ2) is 6.99. The first-order valence-electron chi connectivity index (χ1n) is 6.94. The van der Waals surface area contributed by atoms with Crippen molar-refractivity contribution in [3.05, 3.63) is 41.2 Å². The summed E-state index contributed by atoms with van der Waals surface area (Å²) in [6.45, 7) is 2.60. The van der Waals surface area contributed by atoms with Crippen LogP contribution in [0.3, 0.4) is 0 Å². The molecule has 6 nitrogen and oxygen atoms in total. The second-order valence-corrected chi connectivity index (χ2v) is 4.72. The van der Waals surface area contributed by atoms with Gasteiger partial charge in [-0.25, -0.2) is 9.48 Å². The van der Waals surface area contributed by atoms with Gasteiger partial charge in [0.2, 0.25) is 0 Å². The second-order valence-electron chi connectivity index (χ2n) is 4.72. The zero-order valence-electron chi connectivity index (χ0n) is 12.2. The maximum atomic E-state index is 11.3. The molecular weight excluding hydrogens is 270 g/mol. The average molecular weight is 289 g/mol. The molecule has 0 saturated heterocycles. The molecule has 2 aromatic rings. The Kier molecular flexibility index (Phi) is 5.05. The Morgan fingerprint density at radius 1 is 1.33 bits per heavy atom. The van der Waals surface area contributed by atoms with E-state index in [1.807, 2.05) is 31.2 Å². The van der Waals surface area contributed by atoms with E-state index in [-0.39, 0.29) is 5.69 Å². The Morgan fingerprint density at radius 2 is 2.10 bits per heavy atom. The lowest BCUT2D eigenvalue weighted by atomic mass is 10.1. The molecule has 0 aliphatic carbocycles. The van der Waals surface area contributed by atoms with Gasteiger partial charge in [-0.15, -0.1) is 5.10 Å². The Bertz CT molecular complexity index is 622. The van der Waals surface area contributed by atoms with E-state index in [1.165, 1.54) is 0 Å². The zero-order valence-corrected chi connectivity index (χ0v) is 12.2. The molecule has 112 valence electrons. The molecule has 1 aromatic carbocycles. The molecule has 0 aliphatic rings. The van der Waals surface area contributed by atoms with Crippen LogP contribution in [0.4, 0.5) is 0 Å². The fraction of sp³-hybridized carbons (Fsp3) is 0.400. The van der Waals surface area contributed by atoms with Crippen molar-refractivity contribution in [2.75, 3.05) is 13.7 Å². The molecule has 0 fully saturated rings. The van der Waals surface area contributed by atoms with Crippen LogP contribution < -0.4 is 0 Å². The number of benzene rings is 1. The van der Waals surface area contributed by atoms with Crippen LogP contribution in [0.5, 0.6) is 0 Å². The van der Waals surface area contributed by atoms with Crippen molar-refractivity contribution in [3.63, 3.8) is 0 Å². The number of rotatable bonds is 7. The van der Waals surface area contributed by atoms with E-state index in [0.717, 1.165) is 24.1 Å². The normalized spacial score (nSPS) is 10.8. The lowest BCUT2D eigenvalue weighted by molar-refractivity contribution is 0.0689. The fourth-order valence-electron chi connectivity index (χ4n) is 2.26. The van der Waals surface area contributed by atoms with Crippen molar-refractivity contribution in [2.24, 2.45) is 0 Å². The number of para-hydroxylation sites is 1. The molecule has 0 atom stereocenters. The number of carboxylic acids is 1. The summed E-state index contributed by atoms with van der Waals surface area (Å²) in [6, 6.07) is 7.77. The number of hydrogen-bond donors (Lipinski definition) is 1.